The van der Waals surface area contributed by atoms with Gasteiger partial charge in [0.15, 0.2) is 17.2 Å². The molecule has 18 heavy (non-hydrogen) atoms. The maximum Gasteiger partial charge on any atom is 0.170 e. The molecule has 5 heteroatoms. The highest BCUT2D eigenvalue weighted by Gasteiger charge is 2.12. The Balaban J connectivity index is 2.46. The molecule has 0 fully saturated rings. The van der Waals surface area contributed by atoms with Crippen LogP contribution in [-0.4, -0.2) is 5.11 Å². The van der Waals surface area contributed by atoms with Crippen LogP contribution in [0.1, 0.15) is 5.56 Å². The van der Waals surface area contributed by atoms with E-state index in [-0.39, 0.29) is 27.8 Å². The molecule has 0 spiro atoms. The number of rotatable bonds is 2. The van der Waals surface area contributed by atoms with Crippen molar-refractivity contribution >= 4 is 23.2 Å². The quantitative estimate of drug-likeness (QED) is 0.889. The topological polar surface area (TPSA) is 53.2 Å². The Labute approximate surface area is 114 Å². The van der Waals surface area contributed by atoms with Gasteiger partial charge in [-0.15, -0.1) is 0 Å². The van der Waals surface area contributed by atoms with Crippen LogP contribution in [0, 0.1) is 11.3 Å². The second-order valence-corrected chi connectivity index (χ2v) is 4.29. The third-order valence-electron chi connectivity index (χ3n) is 2.22. The predicted octanol–water partition coefficient (Wildman–Crippen LogP) is 4.36. The number of phenols is 1. The van der Waals surface area contributed by atoms with Crippen LogP contribution in [0.5, 0.6) is 17.2 Å². The number of halogens is 2. The Morgan fingerprint density at radius 2 is 1.94 bits per heavy atom. The smallest absolute Gasteiger partial charge is 0.170 e. The fourth-order valence-electron chi connectivity index (χ4n) is 1.38. The average Bonchev–Trinajstić information content (AvgIpc) is 2.36. The van der Waals surface area contributed by atoms with Crippen molar-refractivity contribution < 1.29 is 9.84 Å². The van der Waals surface area contributed by atoms with Gasteiger partial charge in [-0.3, -0.25) is 0 Å². The number of hydrogen-bond donors (Lipinski definition) is 1. The van der Waals surface area contributed by atoms with E-state index in [1.54, 1.807) is 18.2 Å². The zero-order valence-electron chi connectivity index (χ0n) is 9.02. The molecule has 0 unspecified atom stereocenters. The van der Waals surface area contributed by atoms with Crippen molar-refractivity contribution in [1.82, 2.24) is 0 Å². The Morgan fingerprint density at radius 1 is 1.17 bits per heavy atom. The first kappa shape index (κ1) is 12.6. The third-order valence-corrected chi connectivity index (χ3v) is 2.75. The Kier molecular flexibility index (Phi) is 3.61. The van der Waals surface area contributed by atoms with E-state index >= 15 is 0 Å². The minimum absolute atomic E-state index is 0.0804. The summed E-state index contributed by atoms with van der Waals surface area (Å²) < 4.78 is 5.45. The second kappa shape index (κ2) is 5.18. The summed E-state index contributed by atoms with van der Waals surface area (Å²) in [4.78, 5) is 0. The molecule has 1 N–H and O–H groups in total. The molecule has 0 heterocycles. The molecule has 0 aromatic heterocycles. The summed E-state index contributed by atoms with van der Waals surface area (Å²) in [6, 6.07) is 11.2. The monoisotopic (exact) mass is 279 g/mol. The first-order valence-corrected chi connectivity index (χ1v) is 5.72. The summed E-state index contributed by atoms with van der Waals surface area (Å²) in [5.41, 5.74) is 0.280. The number of nitriles is 1. The van der Waals surface area contributed by atoms with Gasteiger partial charge in [0, 0.05) is 11.1 Å². The maximum absolute atomic E-state index is 9.64. The molecular formula is C13H7Cl2NO2. The highest BCUT2D eigenvalue weighted by molar-refractivity contribution is 6.32. The van der Waals surface area contributed by atoms with Crippen LogP contribution in [0.2, 0.25) is 10.0 Å². The molecular weight excluding hydrogens is 273 g/mol. The summed E-state index contributed by atoms with van der Waals surface area (Å²) >= 11 is 11.8. The largest absolute Gasteiger partial charge is 0.504 e. The van der Waals surface area contributed by atoms with E-state index in [2.05, 4.69) is 0 Å². The minimum atomic E-state index is -0.0804. The normalized spacial score (nSPS) is 9.83. The maximum atomic E-state index is 9.64. The van der Waals surface area contributed by atoms with Crippen LogP contribution in [0.4, 0.5) is 0 Å². The molecule has 0 saturated heterocycles. The summed E-state index contributed by atoms with van der Waals surface area (Å²) in [5, 5.41) is 19.3. The number of nitrogens with zero attached hydrogens (tertiary/aromatic N) is 1. The van der Waals surface area contributed by atoms with Crippen molar-refractivity contribution in [2.75, 3.05) is 0 Å². The lowest BCUT2D eigenvalue weighted by molar-refractivity contribution is 0.411. The lowest BCUT2D eigenvalue weighted by atomic mass is 10.2. The van der Waals surface area contributed by atoms with Gasteiger partial charge >= 0.3 is 0 Å². The molecule has 2 aromatic carbocycles. The zero-order valence-corrected chi connectivity index (χ0v) is 10.5. The van der Waals surface area contributed by atoms with Crippen LogP contribution in [-0.2, 0) is 0 Å². The summed E-state index contributed by atoms with van der Waals surface area (Å²) in [6.45, 7) is 0. The molecule has 90 valence electrons. The second-order valence-electron chi connectivity index (χ2n) is 3.44. The molecule has 0 aliphatic rings. The molecule has 0 amide bonds. The molecule has 0 bridgehead atoms. The molecule has 3 nitrogen and oxygen atoms in total. The molecule has 0 aliphatic heterocycles. The summed E-state index contributed by atoms with van der Waals surface area (Å²) in [5.74, 6) is 0.259. The molecule has 0 atom stereocenters. The van der Waals surface area contributed by atoms with E-state index in [1.807, 2.05) is 6.07 Å². The van der Waals surface area contributed by atoms with Crippen LogP contribution in [0.15, 0.2) is 36.4 Å². The van der Waals surface area contributed by atoms with E-state index < -0.39 is 0 Å². The highest BCUT2D eigenvalue weighted by Crippen LogP contribution is 2.37. The van der Waals surface area contributed by atoms with Crippen molar-refractivity contribution in [2.45, 2.75) is 0 Å². The van der Waals surface area contributed by atoms with Gasteiger partial charge in [-0.05, 0) is 24.3 Å². The number of hydrogen-bond acceptors (Lipinski definition) is 3. The van der Waals surface area contributed by atoms with E-state index in [1.165, 1.54) is 18.2 Å². The zero-order chi connectivity index (χ0) is 13.1. The van der Waals surface area contributed by atoms with Crippen molar-refractivity contribution in [3.63, 3.8) is 0 Å². The SMILES string of the molecule is N#Cc1cccc(Cl)c1Oc1cc(Cl)ccc1O. The average molecular weight is 280 g/mol. The molecule has 2 rings (SSSR count). The van der Waals surface area contributed by atoms with Crippen LogP contribution < -0.4 is 4.74 Å². The van der Waals surface area contributed by atoms with Gasteiger partial charge in [0.1, 0.15) is 6.07 Å². The van der Waals surface area contributed by atoms with Gasteiger partial charge in [-0.2, -0.15) is 5.26 Å². The standard InChI is InChI=1S/C13H7Cl2NO2/c14-9-4-5-11(17)12(6-9)18-13-8(7-16)2-1-3-10(13)15/h1-6,17H. The van der Waals surface area contributed by atoms with Crippen molar-refractivity contribution in [2.24, 2.45) is 0 Å². The van der Waals surface area contributed by atoms with Gasteiger partial charge in [0.2, 0.25) is 0 Å². The Bertz CT molecular complexity index is 635. The fourth-order valence-corrected chi connectivity index (χ4v) is 1.76. The highest BCUT2D eigenvalue weighted by atomic mass is 35.5. The van der Waals surface area contributed by atoms with Crippen LogP contribution in [0.25, 0.3) is 0 Å². The summed E-state index contributed by atoms with van der Waals surface area (Å²) in [6.07, 6.45) is 0. The van der Waals surface area contributed by atoms with E-state index in [0.717, 1.165) is 0 Å². The molecule has 0 saturated carbocycles. The van der Waals surface area contributed by atoms with Crippen molar-refractivity contribution in [3.8, 4) is 23.3 Å². The van der Waals surface area contributed by atoms with Gasteiger partial charge in [-0.1, -0.05) is 29.3 Å². The minimum Gasteiger partial charge on any atom is -0.504 e. The Hall–Kier alpha value is -1.89. The van der Waals surface area contributed by atoms with Crippen molar-refractivity contribution in [1.29, 1.82) is 5.26 Å². The third kappa shape index (κ3) is 2.51. The number of ether oxygens (including phenoxy) is 1. The molecule has 2 aromatic rings. The van der Waals surface area contributed by atoms with Gasteiger partial charge in [0.25, 0.3) is 0 Å². The van der Waals surface area contributed by atoms with E-state index in [0.29, 0.717) is 5.02 Å². The lowest BCUT2D eigenvalue weighted by Gasteiger charge is -2.10. The van der Waals surface area contributed by atoms with Gasteiger partial charge in [0.05, 0.1) is 10.6 Å². The molecule has 0 radical (unpaired) electrons. The number of phenolic OH excluding ortho intramolecular Hbond substituents is 1. The first-order valence-electron chi connectivity index (χ1n) is 4.97. The predicted molar refractivity (Wildman–Crippen MR) is 69.4 cm³/mol. The van der Waals surface area contributed by atoms with Crippen LogP contribution in [0.3, 0.4) is 0 Å². The van der Waals surface area contributed by atoms with E-state index in [9.17, 15) is 5.11 Å². The van der Waals surface area contributed by atoms with E-state index in [4.69, 9.17) is 33.2 Å². The van der Waals surface area contributed by atoms with Gasteiger partial charge in [-0.25, -0.2) is 0 Å². The summed E-state index contributed by atoms with van der Waals surface area (Å²) in [7, 11) is 0. The first-order chi connectivity index (χ1) is 8.61. The number of benzene rings is 2. The Morgan fingerprint density at radius 3 is 2.67 bits per heavy atom. The number of aromatic hydroxyl groups is 1. The van der Waals surface area contributed by atoms with Crippen LogP contribution >= 0.6 is 23.2 Å². The lowest BCUT2D eigenvalue weighted by Crippen LogP contribution is -1.90. The van der Waals surface area contributed by atoms with Gasteiger partial charge < -0.3 is 9.84 Å². The fraction of sp³-hybridized carbons (Fsp3) is 0. The number of para-hydroxylation sites is 1. The molecule has 0 aliphatic carbocycles. The van der Waals surface area contributed by atoms with Crippen molar-refractivity contribution in [3.05, 3.63) is 52.0 Å².